The molecule has 4 aromatic rings. The van der Waals surface area contributed by atoms with Gasteiger partial charge in [-0.05, 0) is 24.3 Å². The Bertz CT molecular complexity index is 1120. The summed E-state index contributed by atoms with van der Waals surface area (Å²) in [4.78, 5) is 16.8. The minimum Gasteiger partial charge on any atom is -0.422 e. The average Bonchev–Trinajstić information content (AvgIpc) is 3.05. The van der Waals surface area contributed by atoms with Crippen molar-refractivity contribution in [3.63, 3.8) is 0 Å². The molecule has 3 nitrogen and oxygen atoms in total. The summed E-state index contributed by atoms with van der Waals surface area (Å²) in [5.41, 5.74) is 0.347. The Morgan fingerprint density at radius 3 is 2.33 bits per heavy atom. The molecule has 0 bridgehead atoms. The first-order valence-corrected chi connectivity index (χ1v) is 8.66. The van der Waals surface area contributed by atoms with Crippen LogP contribution in [0.15, 0.2) is 60.7 Å². The molecule has 0 aliphatic rings. The van der Waals surface area contributed by atoms with Gasteiger partial charge in [-0.25, -0.2) is 22.9 Å². The van der Waals surface area contributed by atoms with Crippen LogP contribution < -0.4 is 4.74 Å². The summed E-state index contributed by atoms with van der Waals surface area (Å²) in [6.45, 7) is 0. The number of thiazole rings is 1. The number of benzene rings is 3. The van der Waals surface area contributed by atoms with Crippen molar-refractivity contribution in [3.8, 4) is 16.3 Å². The van der Waals surface area contributed by atoms with E-state index in [1.165, 1.54) is 17.4 Å². The third-order valence-electron chi connectivity index (χ3n) is 3.83. The van der Waals surface area contributed by atoms with Crippen molar-refractivity contribution >= 4 is 27.5 Å². The molecule has 1 aromatic heterocycles. The number of carbonyl (C=O) groups is 1. The van der Waals surface area contributed by atoms with Gasteiger partial charge in [-0.1, -0.05) is 24.3 Å². The van der Waals surface area contributed by atoms with Crippen LogP contribution >= 0.6 is 11.3 Å². The molecular formula is C20H10F3NO2S. The van der Waals surface area contributed by atoms with E-state index in [0.717, 1.165) is 10.2 Å². The summed E-state index contributed by atoms with van der Waals surface area (Å²) in [6.07, 6.45) is 0. The number of ether oxygens (including phenoxy) is 1. The molecule has 134 valence electrons. The quantitative estimate of drug-likeness (QED) is 0.340. The smallest absolute Gasteiger partial charge is 0.349 e. The highest BCUT2D eigenvalue weighted by Gasteiger charge is 2.22. The van der Waals surface area contributed by atoms with Crippen molar-refractivity contribution in [1.82, 2.24) is 4.98 Å². The van der Waals surface area contributed by atoms with E-state index in [-0.39, 0.29) is 5.75 Å². The summed E-state index contributed by atoms with van der Waals surface area (Å²) >= 11 is 1.40. The number of carbonyl (C=O) groups excluding carboxylic acids is 1. The van der Waals surface area contributed by atoms with Crippen LogP contribution in [0.2, 0.25) is 0 Å². The number of hydrogen-bond donors (Lipinski definition) is 0. The van der Waals surface area contributed by atoms with Crippen molar-refractivity contribution in [2.75, 3.05) is 0 Å². The highest BCUT2D eigenvalue weighted by Crippen LogP contribution is 2.36. The van der Waals surface area contributed by atoms with Crippen molar-refractivity contribution in [3.05, 3.63) is 83.7 Å². The summed E-state index contributed by atoms with van der Waals surface area (Å²) < 4.78 is 46.9. The molecule has 0 spiro atoms. The van der Waals surface area contributed by atoms with E-state index in [9.17, 15) is 18.0 Å². The lowest BCUT2D eigenvalue weighted by Crippen LogP contribution is -2.14. The highest BCUT2D eigenvalue weighted by atomic mass is 32.1. The number of rotatable bonds is 3. The van der Waals surface area contributed by atoms with Crippen LogP contribution in [0.25, 0.3) is 20.8 Å². The van der Waals surface area contributed by atoms with Gasteiger partial charge in [0.05, 0.1) is 15.8 Å². The Hall–Kier alpha value is -3.19. The largest absolute Gasteiger partial charge is 0.422 e. The lowest BCUT2D eigenvalue weighted by molar-refractivity contribution is 0.0725. The average molecular weight is 385 g/mol. The second kappa shape index (κ2) is 6.85. The van der Waals surface area contributed by atoms with Crippen molar-refractivity contribution < 1.29 is 22.7 Å². The molecule has 0 unspecified atom stereocenters. The number of para-hydroxylation sites is 2. The van der Waals surface area contributed by atoms with E-state index in [2.05, 4.69) is 4.98 Å². The predicted octanol–water partition coefficient (Wildman–Crippen LogP) is 5.60. The molecule has 0 atom stereocenters. The summed E-state index contributed by atoms with van der Waals surface area (Å²) in [5, 5.41) is 0.597. The second-order valence-corrected chi connectivity index (χ2v) is 6.65. The minimum absolute atomic E-state index is 0.102. The molecular weight excluding hydrogens is 375 g/mol. The fourth-order valence-corrected chi connectivity index (χ4v) is 3.60. The van der Waals surface area contributed by atoms with Crippen LogP contribution in [0.1, 0.15) is 10.4 Å². The number of fused-ring (bicyclic) bond motifs is 1. The molecule has 4 rings (SSSR count). The van der Waals surface area contributed by atoms with E-state index in [4.69, 9.17) is 4.74 Å². The van der Waals surface area contributed by atoms with E-state index in [0.29, 0.717) is 22.7 Å². The van der Waals surface area contributed by atoms with Gasteiger partial charge in [0.15, 0.2) is 0 Å². The Balaban J connectivity index is 1.73. The van der Waals surface area contributed by atoms with Crippen LogP contribution in [-0.2, 0) is 0 Å². The van der Waals surface area contributed by atoms with Gasteiger partial charge >= 0.3 is 5.97 Å². The van der Waals surface area contributed by atoms with E-state index < -0.39 is 29.0 Å². The van der Waals surface area contributed by atoms with Crippen molar-refractivity contribution in [2.45, 2.75) is 0 Å². The number of halogens is 3. The van der Waals surface area contributed by atoms with E-state index in [1.807, 2.05) is 24.3 Å². The molecule has 27 heavy (non-hydrogen) atoms. The molecule has 0 aliphatic heterocycles. The zero-order valence-corrected chi connectivity index (χ0v) is 14.4. The molecule has 0 saturated heterocycles. The molecule has 0 saturated carbocycles. The van der Waals surface area contributed by atoms with Crippen LogP contribution in [0.4, 0.5) is 13.2 Å². The number of nitrogens with zero attached hydrogens (tertiary/aromatic N) is 1. The van der Waals surface area contributed by atoms with Gasteiger partial charge in [0.1, 0.15) is 33.8 Å². The van der Waals surface area contributed by atoms with E-state index >= 15 is 0 Å². The van der Waals surface area contributed by atoms with Crippen LogP contribution in [-0.4, -0.2) is 11.0 Å². The Kier molecular flexibility index (Phi) is 4.37. The van der Waals surface area contributed by atoms with Crippen LogP contribution in [0.3, 0.4) is 0 Å². The second-order valence-electron chi connectivity index (χ2n) is 5.62. The number of hydrogen-bond acceptors (Lipinski definition) is 4. The van der Waals surface area contributed by atoms with Gasteiger partial charge < -0.3 is 4.74 Å². The Morgan fingerprint density at radius 1 is 0.926 bits per heavy atom. The van der Waals surface area contributed by atoms with Crippen molar-refractivity contribution in [2.24, 2.45) is 0 Å². The van der Waals surface area contributed by atoms with Crippen LogP contribution in [0.5, 0.6) is 5.75 Å². The Labute approximate surface area is 155 Å². The SMILES string of the molecule is O=C(Oc1ccccc1-c1nc2ccccc2s1)c1c(F)cc(F)cc1F. The first kappa shape index (κ1) is 17.2. The van der Waals surface area contributed by atoms with E-state index in [1.54, 1.807) is 18.2 Å². The lowest BCUT2D eigenvalue weighted by atomic mass is 10.2. The zero-order chi connectivity index (χ0) is 19.0. The van der Waals surface area contributed by atoms with Gasteiger partial charge in [-0.2, -0.15) is 0 Å². The monoisotopic (exact) mass is 385 g/mol. The maximum Gasteiger partial charge on any atom is 0.349 e. The molecule has 3 aromatic carbocycles. The standard InChI is InChI=1S/C20H10F3NO2S/c21-11-9-13(22)18(14(23)10-11)20(25)26-16-7-3-1-5-12(16)19-24-15-6-2-4-8-17(15)27-19/h1-10H. The molecule has 0 radical (unpaired) electrons. The zero-order valence-electron chi connectivity index (χ0n) is 13.6. The van der Waals surface area contributed by atoms with Crippen molar-refractivity contribution in [1.29, 1.82) is 0 Å². The summed E-state index contributed by atoms with van der Waals surface area (Å²) in [5.74, 6) is -4.91. The van der Waals surface area contributed by atoms with Gasteiger partial charge in [0, 0.05) is 12.1 Å². The third kappa shape index (κ3) is 3.29. The molecule has 0 fully saturated rings. The molecule has 7 heteroatoms. The Morgan fingerprint density at radius 2 is 1.59 bits per heavy atom. The fraction of sp³-hybridized carbons (Fsp3) is 0. The van der Waals surface area contributed by atoms with Gasteiger partial charge in [-0.15, -0.1) is 11.3 Å². The predicted molar refractivity (Wildman–Crippen MR) is 96.3 cm³/mol. The topological polar surface area (TPSA) is 39.2 Å². The normalized spacial score (nSPS) is 10.9. The number of esters is 1. The molecule has 0 amide bonds. The first-order chi connectivity index (χ1) is 13.0. The number of aromatic nitrogens is 1. The third-order valence-corrected chi connectivity index (χ3v) is 4.89. The molecule has 0 N–H and O–H groups in total. The summed E-state index contributed by atoms with van der Waals surface area (Å²) in [6, 6.07) is 14.9. The molecule has 1 heterocycles. The lowest BCUT2D eigenvalue weighted by Gasteiger charge is -2.09. The highest BCUT2D eigenvalue weighted by molar-refractivity contribution is 7.21. The summed E-state index contributed by atoms with van der Waals surface area (Å²) in [7, 11) is 0. The van der Waals surface area contributed by atoms with Gasteiger partial charge in [-0.3, -0.25) is 0 Å². The maximum atomic E-state index is 13.8. The van der Waals surface area contributed by atoms with Gasteiger partial charge in [0.25, 0.3) is 0 Å². The van der Waals surface area contributed by atoms with Crippen LogP contribution in [0, 0.1) is 17.5 Å². The fourth-order valence-electron chi connectivity index (χ4n) is 2.61. The minimum atomic E-state index is -1.32. The first-order valence-electron chi connectivity index (χ1n) is 7.84. The van der Waals surface area contributed by atoms with Gasteiger partial charge in [0.2, 0.25) is 0 Å². The maximum absolute atomic E-state index is 13.8. The molecule has 0 aliphatic carbocycles.